The van der Waals surface area contributed by atoms with Crippen molar-refractivity contribution < 1.29 is 4.74 Å². The largest absolute Gasteiger partial charge is 0.380 e. The van der Waals surface area contributed by atoms with Crippen LogP contribution in [0.4, 0.5) is 0 Å². The number of fused-ring (bicyclic) bond motifs is 1. The van der Waals surface area contributed by atoms with Gasteiger partial charge < -0.3 is 14.6 Å². The minimum absolute atomic E-state index is 0.166. The molecule has 2 unspecified atom stereocenters. The number of nitrogens with one attached hydrogen (secondary N) is 1. The summed E-state index contributed by atoms with van der Waals surface area (Å²) in [5.74, 6) is 1.09. The lowest BCUT2D eigenvalue weighted by molar-refractivity contribution is 0.0828. The SMILES string of the molecule is CCNC(Cc1nc2ccccc2n1C)C(C)OC. The smallest absolute Gasteiger partial charge is 0.111 e. The van der Waals surface area contributed by atoms with Gasteiger partial charge in [-0.1, -0.05) is 19.1 Å². The van der Waals surface area contributed by atoms with Gasteiger partial charge in [-0.15, -0.1) is 0 Å². The number of benzene rings is 1. The van der Waals surface area contributed by atoms with Gasteiger partial charge in [0.2, 0.25) is 0 Å². The van der Waals surface area contributed by atoms with E-state index in [0.717, 1.165) is 24.3 Å². The van der Waals surface area contributed by atoms with Crippen LogP contribution in [-0.2, 0) is 18.2 Å². The molecule has 1 aromatic carbocycles. The van der Waals surface area contributed by atoms with E-state index in [2.05, 4.69) is 42.9 Å². The number of aromatic nitrogens is 2. The molecule has 1 aromatic heterocycles. The average molecular weight is 261 g/mol. The lowest BCUT2D eigenvalue weighted by Gasteiger charge is -2.23. The maximum Gasteiger partial charge on any atom is 0.111 e. The number of rotatable bonds is 6. The first kappa shape index (κ1) is 14.0. The summed E-state index contributed by atoms with van der Waals surface area (Å²) in [6.45, 7) is 5.14. The molecular weight excluding hydrogens is 238 g/mol. The predicted molar refractivity (Wildman–Crippen MR) is 78.4 cm³/mol. The summed E-state index contributed by atoms with van der Waals surface area (Å²) in [6.07, 6.45) is 1.04. The third-order valence-corrected chi connectivity index (χ3v) is 3.69. The number of likely N-dealkylation sites (N-methyl/N-ethyl adjacent to an activating group) is 1. The molecule has 2 atom stereocenters. The Kier molecular flexibility index (Phi) is 4.56. The molecule has 0 saturated heterocycles. The summed E-state index contributed by atoms with van der Waals surface area (Å²) in [5, 5.41) is 3.48. The first-order valence-corrected chi connectivity index (χ1v) is 6.83. The number of methoxy groups -OCH3 is 1. The molecule has 0 amide bonds. The van der Waals surface area contributed by atoms with Gasteiger partial charge in [0.05, 0.1) is 17.1 Å². The van der Waals surface area contributed by atoms with E-state index in [1.165, 1.54) is 5.52 Å². The monoisotopic (exact) mass is 261 g/mol. The van der Waals surface area contributed by atoms with E-state index in [9.17, 15) is 0 Å². The summed E-state index contributed by atoms with van der Waals surface area (Å²) in [7, 11) is 3.83. The van der Waals surface area contributed by atoms with E-state index in [-0.39, 0.29) is 12.1 Å². The molecule has 0 saturated carbocycles. The Balaban J connectivity index is 2.25. The molecule has 0 aliphatic heterocycles. The zero-order valence-electron chi connectivity index (χ0n) is 12.2. The Bertz CT molecular complexity index is 535. The van der Waals surface area contributed by atoms with Gasteiger partial charge in [0, 0.05) is 26.6 Å². The van der Waals surface area contributed by atoms with Crippen LogP contribution in [0.1, 0.15) is 19.7 Å². The van der Waals surface area contributed by atoms with Crippen LogP contribution in [-0.4, -0.2) is 35.4 Å². The second-order valence-electron chi connectivity index (χ2n) is 4.88. The molecule has 0 radical (unpaired) electrons. The molecule has 2 rings (SSSR count). The summed E-state index contributed by atoms with van der Waals surface area (Å²) in [4.78, 5) is 4.72. The predicted octanol–water partition coefficient (Wildman–Crippen LogP) is 2.13. The summed E-state index contributed by atoms with van der Waals surface area (Å²) >= 11 is 0. The normalized spacial score (nSPS) is 14.7. The quantitative estimate of drug-likeness (QED) is 0.866. The lowest BCUT2D eigenvalue weighted by atomic mass is 10.1. The average Bonchev–Trinajstić information content (AvgIpc) is 2.75. The maximum atomic E-state index is 5.45. The van der Waals surface area contributed by atoms with Gasteiger partial charge >= 0.3 is 0 Å². The van der Waals surface area contributed by atoms with Crippen LogP contribution in [0.25, 0.3) is 11.0 Å². The van der Waals surface area contributed by atoms with Crippen LogP contribution in [0.15, 0.2) is 24.3 Å². The topological polar surface area (TPSA) is 39.1 Å². The first-order chi connectivity index (χ1) is 9.17. The van der Waals surface area contributed by atoms with Gasteiger partial charge in [0.25, 0.3) is 0 Å². The number of hydrogen-bond donors (Lipinski definition) is 1. The van der Waals surface area contributed by atoms with E-state index >= 15 is 0 Å². The Labute approximate surface area is 114 Å². The number of hydrogen-bond acceptors (Lipinski definition) is 3. The molecule has 4 heteroatoms. The Morgan fingerprint density at radius 2 is 2.11 bits per heavy atom. The molecule has 1 N–H and O–H groups in total. The fourth-order valence-corrected chi connectivity index (χ4v) is 2.41. The first-order valence-electron chi connectivity index (χ1n) is 6.83. The number of ether oxygens (including phenoxy) is 1. The van der Waals surface area contributed by atoms with Crippen molar-refractivity contribution in [3.05, 3.63) is 30.1 Å². The van der Waals surface area contributed by atoms with Crippen molar-refractivity contribution in [3.63, 3.8) is 0 Å². The zero-order valence-corrected chi connectivity index (χ0v) is 12.2. The van der Waals surface area contributed by atoms with Crippen molar-refractivity contribution in [2.24, 2.45) is 7.05 Å². The second-order valence-corrected chi connectivity index (χ2v) is 4.88. The van der Waals surface area contributed by atoms with Crippen molar-refractivity contribution in [2.45, 2.75) is 32.4 Å². The van der Waals surface area contributed by atoms with Crippen molar-refractivity contribution in [1.82, 2.24) is 14.9 Å². The van der Waals surface area contributed by atoms with Gasteiger partial charge in [-0.25, -0.2) is 4.98 Å². The van der Waals surface area contributed by atoms with Crippen molar-refractivity contribution >= 4 is 11.0 Å². The molecular formula is C15H23N3O. The molecule has 0 spiro atoms. The summed E-state index contributed by atoms with van der Waals surface area (Å²) < 4.78 is 7.62. The third kappa shape index (κ3) is 2.96. The highest BCUT2D eigenvalue weighted by Crippen LogP contribution is 2.16. The molecule has 2 aromatic rings. The van der Waals surface area contributed by atoms with Crippen LogP contribution < -0.4 is 5.32 Å². The van der Waals surface area contributed by atoms with Gasteiger partial charge in [0.15, 0.2) is 0 Å². The number of nitrogens with zero attached hydrogens (tertiary/aromatic N) is 2. The lowest BCUT2D eigenvalue weighted by Crippen LogP contribution is -2.41. The van der Waals surface area contributed by atoms with Gasteiger partial charge in [-0.2, -0.15) is 0 Å². The van der Waals surface area contributed by atoms with E-state index in [0.29, 0.717) is 0 Å². The molecule has 1 heterocycles. The Morgan fingerprint density at radius 3 is 2.74 bits per heavy atom. The van der Waals surface area contributed by atoms with Crippen molar-refractivity contribution in [3.8, 4) is 0 Å². The fraction of sp³-hybridized carbons (Fsp3) is 0.533. The van der Waals surface area contributed by atoms with Gasteiger partial charge in [0.1, 0.15) is 5.82 Å². The molecule has 19 heavy (non-hydrogen) atoms. The highest BCUT2D eigenvalue weighted by Gasteiger charge is 2.19. The highest BCUT2D eigenvalue weighted by atomic mass is 16.5. The number of aryl methyl sites for hydroxylation is 1. The van der Waals surface area contributed by atoms with Crippen LogP contribution in [0.3, 0.4) is 0 Å². The summed E-state index contributed by atoms with van der Waals surface area (Å²) in [5.41, 5.74) is 2.23. The van der Waals surface area contributed by atoms with E-state index < -0.39 is 0 Å². The van der Waals surface area contributed by atoms with Crippen LogP contribution in [0, 0.1) is 0 Å². The number of imidazole rings is 1. The van der Waals surface area contributed by atoms with E-state index in [4.69, 9.17) is 9.72 Å². The standard InChI is InChI=1S/C15H23N3O/c1-5-16-13(11(2)19-4)10-15-17-12-8-6-7-9-14(12)18(15)3/h6-9,11,13,16H,5,10H2,1-4H3. The van der Waals surface area contributed by atoms with E-state index in [1.54, 1.807) is 7.11 Å². The molecule has 0 fully saturated rings. The molecule has 0 aliphatic rings. The molecule has 0 bridgehead atoms. The van der Waals surface area contributed by atoms with Crippen molar-refractivity contribution in [1.29, 1.82) is 0 Å². The molecule has 0 aliphatic carbocycles. The molecule has 104 valence electrons. The second kappa shape index (κ2) is 6.17. The van der Waals surface area contributed by atoms with E-state index in [1.807, 2.05) is 12.1 Å². The maximum absolute atomic E-state index is 5.45. The number of para-hydroxylation sites is 2. The highest BCUT2D eigenvalue weighted by molar-refractivity contribution is 5.75. The fourth-order valence-electron chi connectivity index (χ4n) is 2.41. The summed E-state index contributed by atoms with van der Waals surface area (Å²) in [6, 6.07) is 8.52. The van der Waals surface area contributed by atoms with Crippen LogP contribution >= 0.6 is 0 Å². The zero-order chi connectivity index (χ0) is 13.8. The minimum Gasteiger partial charge on any atom is -0.380 e. The third-order valence-electron chi connectivity index (χ3n) is 3.69. The van der Waals surface area contributed by atoms with Gasteiger partial charge in [-0.3, -0.25) is 0 Å². The molecule has 4 nitrogen and oxygen atoms in total. The van der Waals surface area contributed by atoms with Crippen LogP contribution in [0.5, 0.6) is 0 Å². The Hall–Kier alpha value is -1.39. The Morgan fingerprint density at radius 1 is 1.37 bits per heavy atom. The van der Waals surface area contributed by atoms with Crippen molar-refractivity contribution in [2.75, 3.05) is 13.7 Å². The van der Waals surface area contributed by atoms with Crippen LogP contribution in [0.2, 0.25) is 0 Å². The van der Waals surface area contributed by atoms with Gasteiger partial charge in [-0.05, 0) is 25.6 Å². The minimum atomic E-state index is 0.166.